The van der Waals surface area contributed by atoms with Gasteiger partial charge in [-0.05, 0) is 31.5 Å². The predicted octanol–water partition coefficient (Wildman–Crippen LogP) is 0.935. The first-order chi connectivity index (χ1) is 11.0. The Kier molecular flexibility index (Phi) is 8.38. The van der Waals surface area contributed by atoms with Gasteiger partial charge in [0.2, 0.25) is 0 Å². The molecule has 1 aromatic rings. The third kappa shape index (κ3) is 7.96. The van der Waals surface area contributed by atoms with Gasteiger partial charge in [0.1, 0.15) is 5.84 Å². The molecule has 0 unspecified atom stereocenters. The molecule has 0 atom stereocenters. The zero-order chi connectivity index (χ0) is 17.1. The Morgan fingerprint density at radius 3 is 2.22 bits per heavy atom. The number of nitrogens with two attached hydrogens (primary N) is 1. The van der Waals surface area contributed by atoms with Crippen molar-refractivity contribution < 1.29 is 14.7 Å². The molecule has 0 bridgehead atoms. The molecule has 0 aliphatic carbocycles. The second kappa shape index (κ2) is 10.3. The minimum Gasteiger partial charge on any atom is -0.481 e. The molecular weight excluding hydrogens is 296 g/mol. The van der Waals surface area contributed by atoms with E-state index in [4.69, 9.17) is 16.2 Å². The topological polar surface area (TPSA) is 128 Å². The summed E-state index contributed by atoms with van der Waals surface area (Å²) in [5.41, 5.74) is 6.50. The highest BCUT2D eigenvalue weighted by molar-refractivity contribution is 5.98. The van der Waals surface area contributed by atoms with Crippen molar-refractivity contribution in [1.82, 2.24) is 10.6 Å². The molecule has 126 valence electrons. The number of rotatable bonds is 11. The highest BCUT2D eigenvalue weighted by Crippen LogP contribution is 2.04. The number of unbranched alkanes of at least 4 members (excludes halogenated alkanes) is 2. The van der Waals surface area contributed by atoms with Crippen LogP contribution in [0.3, 0.4) is 0 Å². The number of carbonyl (C=O) groups excluding carboxylic acids is 1. The van der Waals surface area contributed by atoms with E-state index in [2.05, 4.69) is 10.6 Å². The van der Waals surface area contributed by atoms with Gasteiger partial charge < -0.3 is 21.5 Å². The second-order valence-corrected chi connectivity index (χ2v) is 5.20. The van der Waals surface area contributed by atoms with E-state index in [1.807, 2.05) is 0 Å². The number of carboxylic acid groups (broad SMARTS) is 1. The van der Waals surface area contributed by atoms with Crippen LogP contribution in [0, 0.1) is 5.41 Å². The van der Waals surface area contributed by atoms with Crippen LogP contribution >= 0.6 is 0 Å². The molecule has 23 heavy (non-hydrogen) atoms. The number of nitrogens with one attached hydrogen (secondary N) is 3. The maximum Gasteiger partial charge on any atom is 0.304 e. The van der Waals surface area contributed by atoms with Gasteiger partial charge in [-0.15, -0.1) is 0 Å². The number of hydrogen-bond donors (Lipinski definition) is 5. The molecule has 1 amide bonds. The third-order valence-electron chi connectivity index (χ3n) is 3.29. The highest BCUT2D eigenvalue weighted by Gasteiger charge is 2.05. The molecule has 0 aliphatic rings. The van der Waals surface area contributed by atoms with Gasteiger partial charge in [-0.2, -0.15) is 0 Å². The SMILES string of the molecule is N=C(N)c1ccc(C(=O)NCCCCCNCCC(=O)O)cc1. The summed E-state index contributed by atoms with van der Waals surface area (Å²) in [6, 6.07) is 6.61. The smallest absolute Gasteiger partial charge is 0.304 e. The van der Waals surface area contributed by atoms with Gasteiger partial charge in [0.15, 0.2) is 0 Å². The Hall–Kier alpha value is -2.41. The van der Waals surface area contributed by atoms with Crippen LogP contribution in [0.5, 0.6) is 0 Å². The van der Waals surface area contributed by atoms with Crippen LogP contribution in [0.4, 0.5) is 0 Å². The fraction of sp³-hybridized carbons (Fsp3) is 0.438. The summed E-state index contributed by atoms with van der Waals surface area (Å²) in [6.45, 7) is 1.87. The van der Waals surface area contributed by atoms with Crippen LogP contribution in [0.15, 0.2) is 24.3 Å². The van der Waals surface area contributed by atoms with Crippen LogP contribution in [0.2, 0.25) is 0 Å². The standard InChI is InChI=1S/C16H24N4O3/c17-15(18)12-4-6-13(7-5-12)16(23)20-10-3-1-2-9-19-11-8-14(21)22/h4-7,19H,1-3,8-11H2,(H3,17,18)(H,20,23)(H,21,22). The molecule has 0 spiro atoms. The average molecular weight is 320 g/mol. The predicted molar refractivity (Wildman–Crippen MR) is 88.8 cm³/mol. The number of carbonyl (C=O) groups is 2. The van der Waals surface area contributed by atoms with Gasteiger partial charge in [0.05, 0.1) is 6.42 Å². The molecule has 0 aromatic heterocycles. The zero-order valence-electron chi connectivity index (χ0n) is 13.1. The molecule has 0 saturated carbocycles. The first kappa shape index (κ1) is 18.6. The van der Waals surface area contributed by atoms with Crippen molar-refractivity contribution in [2.45, 2.75) is 25.7 Å². The molecule has 7 heteroatoms. The Morgan fingerprint density at radius 1 is 1.00 bits per heavy atom. The summed E-state index contributed by atoms with van der Waals surface area (Å²) in [7, 11) is 0. The minimum absolute atomic E-state index is 0.0195. The summed E-state index contributed by atoms with van der Waals surface area (Å²) in [6.07, 6.45) is 2.92. The van der Waals surface area contributed by atoms with E-state index in [0.29, 0.717) is 24.2 Å². The summed E-state index contributed by atoms with van der Waals surface area (Å²) in [5, 5.41) is 21.7. The van der Waals surface area contributed by atoms with Crippen LogP contribution < -0.4 is 16.4 Å². The zero-order valence-corrected chi connectivity index (χ0v) is 13.1. The third-order valence-corrected chi connectivity index (χ3v) is 3.29. The van der Waals surface area contributed by atoms with Gasteiger partial charge in [0.25, 0.3) is 5.91 Å². The largest absolute Gasteiger partial charge is 0.481 e. The molecule has 0 heterocycles. The molecule has 1 rings (SSSR count). The van der Waals surface area contributed by atoms with Gasteiger partial charge >= 0.3 is 5.97 Å². The number of hydrogen-bond acceptors (Lipinski definition) is 4. The quantitative estimate of drug-likeness (QED) is 0.235. The van der Waals surface area contributed by atoms with Crippen LogP contribution in [-0.4, -0.2) is 42.5 Å². The maximum absolute atomic E-state index is 11.9. The van der Waals surface area contributed by atoms with E-state index < -0.39 is 5.97 Å². The minimum atomic E-state index is -0.795. The highest BCUT2D eigenvalue weighted by atomic mass is 16.4. The van der Waals surface area contributed by atoms with Crippen LogP contribution in [0.25, 0.3) is 0 Å². The molecule has 1 aromatic carbocycles. The summed E-state index contributed by atoms with van der Waals surface area (Å²) < 4.78 is 0. The van der Waals surface area contributed by atoms with E-state index in [9.17, 15) is 9.59 Å². The Labute approximate surface area is 135 Å². The Balaban J connectivity index is 2.10. The molecule has 0 saturated heterocycles. The Morgan fingerprint density at radius 2 is 1.61 bits per heavy atom. The lowest BCUT2D eigenvalue weighted by atomic mass is 10.1. The molecule has 7 nitrogen and oxygen atoms in total. The van der Waals surface area contributed by atoms with Crippen molar-refractivity contribution >= 4 is 17.7 Å². The number of benzene rings is 1. The molecular formula is C16H24N4O3. The van der Waals surface area contributed by atoms with Crippen LogP contribution in [0.1, 0.15) is 41.6 Å². The monoisotopic (exact) mass is 320 g/mol. The van der Waals surface area contributed by atoms with Gasteiger partial charge in [-0.3, -0.25) is 15.0 Å². The first-order valence-electron chi connectivity index (χ1n) is 7.66. The van der Waals surface area contributed by atoms with E-state index >= 15 is 0 Å². The lowest BCUT2D eigenvalue weighted by Crippen LogP contribution is -2.25. The van der Waals surface area contributed by atoms with Crippen molar-refractivity contribution in [3.05, 3.63) is 35.4 Å². The van der Waals surface area contributed by atoms with Gasteiger partial charge in [-0.25, -0.2) is 0 Å². The second-order valence-electron chi connectivity index (χ2n) is 5.20. The van der Waals surface area contributed by atoms with E-state index in [1.54, 1.807) is 24.3 Å². The first-order valence-corrected chi connectivity index (χ1v) is 7.66. The van der Waals surface area contributed by atoms with Crippen molar-refractivity contribution in [1.29, 1.82) is 5.41 Å². The van der Waals surface area contributed by atoms with Crippen LogP contribution in [-0.2, 0) is 4.79 Å². The lowest BCUT2D eigenvalue weighted by molar-refractivity contribution is -0.136. The fourth-order valence-corrected chi connectivity index (χ4v) is 1.98. The number of aliphatic carboxylic acids is 1. The number of carboxylic acids is 1. The molecule has 0 aliphatic heterocycles. The molecule has 0 fully saturated rings. The fourth-order valence-electron chi connectivity index (χ4n) is 1.98. The van der Waals surface area contributed by atoms with E-state index in [-0.39, 0.29) is 18.2 Å². The van der Waals surface area contributed by atoms with E-state index in [0.717, 1.165) is 25.8 Å². The average Bonchev–Trinajstić information content (AvgIpc) is 2.52. The van der Waals surface area contributed by atoms with Crippen molar-refractivity contribution in [2.24, 2.45) is 5.73 Å². The lowest BCUT2D eigenvalue weighted by Gasteiger charge is -2.06. The summed E-state index contributed by atoms with van der Waals surface area (Å²) >= 11 is 0. The van der Waals surface area contributed by atoms with Gasteiger partial charge in [-0.1, -0.05) is 18.6 Å². The number of amides is 1. The van der Waals surface area contributed by atoms with Crippen molar-refractivity contribution in [3.8, 4) is 0 Å². The van der Waals surface area contributed by atoms with E-state index in [1.165, 1.54) is 0 Å². The normalized spacial score (nSPS) is 10.3. The van der Waals surface area contributed by atoms with Crippen molar-refractivity contribution in [2.75, 3.05) is 19.6 Å². The number of nitrogen functional groups attached to an aromatic ring is 1. The summed E-state index contributed by atoms with van der Waals surface area (Å²) in [4.78, 5) is 22.2. The summed E-state index contributed by atoms with van der Waals surface area (Å²) in [5.74, 6) is -0.954. The maximum atomic E-state index is 11.9. The van der Waals surface area contributed by atoms with Gasteiger partial charge in [0, 0.05) is 24.2 Å². The molecule has 6 N–H and O–H groups in total. The molecule has 0 radical (unpaired) electrons. The number of amidine groups is 1. The Bertz CT molecular complexity index is 529. The van der Waals surface area contributed by atoms with Crippen molar-refractivity contribution in [3.63, 3.8) is 0 Å².